The quantitative estimate of drug-likeness (QED) is 0.763. The van der Waals surface area contributed by atoms with Crippen molar-refractivity contribution in [3.8, 4) is 0 Å². The minimum absolute atomic E-state index is 0.0143. The van der Waals surface area contributed by atoms with E-state index in [9.17, 15) is 4.79 Å². The molecule has 0 aromatic heterocycles. The summed E-state index contributed by atoms with van der Waals surface area (Å²) in [6.45, 7) is 10.4. The number of hydrogen-bond acceptors (Lipinski definition) is 3. The molecule has 4 nitrogen and oxygen atoms in total. The zero-order valence-corrected chi connectivity index (χ0v) is 11.1. The lowest BCUT2D eigenvalue weighted by Gasteiger charge is -2.26. The van der Waals surface area contributed by atoms with Crippen molar-refractivity contribution in [3.05, 3.63) is 0 Å². The fraction of sp³-hybridized carbons (Fsp3) is 0.917. The highest BCUT2D eigenvalue weighted by Gasteiger charge is 2.21. The molecule has 0 fully saturated rings. The normalized spacial score (nSPS) is 12.4. The van der Waals surface area contributed by atoms with Gasteiger partial charge in [0.25, 0.3) is 0 Å². The summed E-state index contributed by atoms with van der Waals surface area (Å²) in [5.74, 6) is 0. The third-order valence-corrected chi connectivity index (χ3v) is 2.12. The second-order valence-electron chi connectivity index (χ2n) is 5.85. The molecule has 0 rings (SSSR count). The maximum atomic E-state index is 11.4. The van der Waals surface area contributed by atoms with Gasteiger partial charge in [-0.1, -0.05) is 13.8 Å². The molecule has 0 aliphatic rings. The molecule has 96 valence electrons. The summed E-state index contributed by atoms with van der Waals surface area (Å²) in [7, 11) is 0. The topological polar surface area (TPSA) is 58.6 Å². The first kappa shape index (κ1) is 15.2. The molecule has 0 heterocycles. The molecule has 16 heavy (non-hydrogen) atoms. The number of alkyl carbamates (subject to hydrolysis) is 1. The number of carbonyl (C=O) groups excluding carboxylic acids is 1. The fourth-order valence-electron chi connectivity index (χ4n) is 1.27. The first-order valence-corrected chi connectivity index (χ1v) is 5.74. The van der Waals surface area contributed by atoms with Crippen LogP contribution in [0.25, 0.3) is 0 Å². The average molecular weight is 231 g/mol. The summed E-state index contributed by atoms with van der Waals surface area (Å²) < 4.78 is 5.14. The first-order chi connectivity index (χ1) is 7.16. The third-order valence-electron chi connectivity index (χ3n) is 2.12. The van der Waals surface area contributed by atoms with Gasteiger partial charge < -0.3 is 15.2 Å². The lowest BCUT2D eigenvalue weighted by Crippen LogP contribution is -2.38. The molecule has 2 N–H and O–H groups in total. The van der Waals surface area contributed by atoms with Crippen LogP contribution in [0.15, 0.2) is 0 Å². The molecule has 0 aliphatic heterocycles. The minimum atomic E-state index is -0.459. The van der Waals surface area contributed by atoms with Gasteiger partial charge in [-0.2, -0.15) is 0 Å². The smallest absolute Gasteiger partial charge is 0.407 e. The highest BCUT2D eigenvalue weighted by molar-refractivity contribution is 5.67. The molecule has 0 unspecified atom stereocenters. The largest absolute Gasteiger partial charge is 0.444 e. The zero-order chi connectivity index (χ0) is 12.8. The van der Waals surface area contributed by atoms with E-state index in [0.29, 0.717) is 6.54 Å². The van der Waals surface area contributed by atoms with Crippen molar-refractivity contribution in [3.63, 3.8) is 0 Å². The van der Waals surface area contributed by atoms with Gasteiger partial charge in [-0.25, -0.2) is 4.79 Å². The molecule has 1 amide bonds. The van der Waals surface area contributed by atoms with E-state index < -0.39 is 5.60 Å². The van der Waals surface area contributed by atoms with Crippen molar-refractivity contribution in [2.24, 2.45) is 5.41 Å². The van der Waals surface area contributed by atoms with E-state index in [0.717, 1.165) is 12.8 Å². The van der Waals surface area contributed by atoms with E-state index in [4.69, 9.17) is 9.84 Å². The Labute approximate surface area is 98.4 Å². The third kappa shape index (κ3) is 8.53. The average Bonchev–Trinajstić information content (AvgIpc) is 2.09. The van der Waals surface area contributed by atoms with E-state index >= 15 is 0 Å². The molecule has 0 saturated heterocycles. The lowest BCUT2D eigenvalue weighted by molar-refractivity contribution is 0.0503. The van der Waals surface area contributed by atoms with Gasteiger partial charge in [-0.15, -0.1) is 0 Å². The predicted molar refractivity (Wildman–Crippen MR) is 64.3 cm³/mol. The van der Waals surface area contributed by atoms with Gasteiger partial charge in [0, 0.05) is 13.2 Å². The molecule has 0 saturated carbocycles. The lowest BCUT2D eigenvalue weighted by atomic mass is 9.88. The van der Waals surface area contributed by atoms with Crippen LogP contribution in [0.1, 0.15) is 47.5 Å². The van der Waals surface area contributed by atoms with Crippen molar-refractivity contribution in [2.45, 2.75) is 53.1 Å². The van der Waals surface area contributed by atoms with E-state index in [1.54, 1.807) is 0 Å². The van der Waals surface area contributed by atoms with Crippen LogP contribution < -0.4 is 5.32 Å². The van der Waals surface area contributed by atoms with Crippen molar-refractivity contribution in [1.29, 1.82) is 0 Å². The van der Waals surface area contributed by atoms with Gasteiger partial charge in [0.1, 0.15) is 5.60 Å². The summed E-state index contributed by atoms with van der Waals surface area (Å²) in [6.07, 6.45) is 1.24. The Morgan fingerprint density at radius 3 is 2.25 bits per heavy atom. The van der Waals surface area contributed by atoms with Crippen molar-refractivity contribution < 1.29 is 14.6 Å². The van der Waals surface area contributed by atoms with Crippen molar-refractivity contribution >= 4 is 6.09 Å². The van der Waals surface area contributed by atoms with Crippen molar-refractivity contribution in [1.82, 2.24) is 5.32 Å². The number of rotatable bonds is 5. The second-order valence-corrected chi connectivity index (χ2v) is 5.85. The maximum Gasteiger partial charge on any atom is 0.407 e. The highest BCUT2D eigenvalue weighted by Crippen LogP contribution is 2.20. The van der Waals surface area contributed by atoms with Gasteiger partial charge in [-0.05, 0) is 39.0 Å². The molecule has 0 radical (unpaired) electrons. The zero-order valence-electron chi connectivity index (χ0n) is 11.1. The SMILES string of the molecule is CC(C)(CCCO)CNC(=O)OC(C)(C)C. The Morgan fingerprint density at radius 1 is 1.25 bits per heavy atom. The van der Waals surface area contributed by atoms with Crippen LogP contribution in [-0.2, 0) is 4.74 Å². The van der Waals surface area contributed by atoms with Crippen LogP contribution in [0, 0.1) is 5.41 Å². The number of hydrogen-bond donors (Lipinski definition) is 2. The molecule has 0 aromatic carbocycles. The number of carbonyl (C=O) groups is 1. The molecule has 0 aliphatic carbocycles. The van der Waals surface area contributed by atoms with E-state index in [1.807, 2.05) is 20.8 Å². The van der Waals surface area contributed by atoms with Crippen LogP contribution >= 0.6 is 0 Å². The second kappa shape index (κ2) is 6.09. The number of aliphatic hydroxyl groups is 1. The summed E-state index contributed by atoms with van der Waals surface area (Å²) in [6, 6.07) is 0. The Balaban J connectivity index is 3.90. The van der Waals surface area contributed by atoms with E-state index in [1.165, 1.54) is 0 Å². The van der Waals surface area contributed by atoms with Gasteiger partial charge in [0.05, 0.1) is 0 Å². The number of nitrogens with one attached hydrogen (secondary N) is 1. The molecule has 0 aromatic rings. The molecule has 0 spiro atoms. The Kier molecular flexibility index (Phi) is 5.79. The first-order valence-electron chi connectivity index (χ1n) is 5.74. The Morgan fingerprint density at radius 2 is 1.81 bits per heavy atom. The summed E-state index contributed by atoms with van der Waals surface area (Å²) in [5.41, 5.74) is -0.473. The van der Waals surface area contributed by atoms with Gasteiger partial charge >= 0.3 is 6.09 Å². The van der Waals surface area contributed by atoms with Crippen LogP contribution in [-0.4, -0.2) is 30.0 Å². The molecule has 0 bridgehead atoms. The summed E-state index contributed by atoms with van der Waals surface area (Å²) in [5, 5.41) is 11.5. The molecular formula is C12H25NO3. The maximum absolute atomic E-state index is 11.4. The number of aliphatic hydroxyl groups excluding tert-OH is 1. The Bertz CT molecular complexity index is 219. The molecule has 0 atom stereocenters. The standard InChI is InChI=1S/C12H25NO3/c1-11(2,3)16-10(15)13-9-12(4,5)7-6-8-14/h14H,6-9H2,1-5H3,(H,13,15). The van der Waals surface area contributed by atoms with Crippen LogP contribution in [0.2, 0.25) is 0 Å². The van der Waals surface area contributed by atoms with Gasteiger partial charge in [0.2, 0.25) is 0 Å². The van der Waals surface area contributed by atoms with E-state index in [-0.39, 0.29) is 18.1 Å². The van der Waals surface area contributed by atoms with Crippen molar-refractivity contribution in [2.75, 3.05) is 13.2 Å². The highest BCUT2D eigenvalue weighted by atomic mass is 16.6. The molecule has 4 heteroatoms. The van der Waals surface area contributed by atoms with E-state index in [2.05, 4.69) is 19.2 Å². The monoisotopic (exact) mass is 231 g/mol. The van der Waals surface area contributed by atoms with Crippen LogP contribution in [0.3, 0.4) is 0 Å². The number of ether oxygens (including phenoxy) is 1. The van der Waals surface area contributed by atoms with Gasteiger partial charge in [0.15, 0.2) is 0 Å². The van der Waals surface area contributed by atoms with Crippen LogP contribution in [0.4, 0.5) is 4.79 Å². The minimum Gasteiger partial charge on any atom is -0.444 e. The molecular weight excluding hydrogens is 206 g/mol. The van der Waals surface area contributed by atoms with Gasteiger partial charge in [-0.3, -0.25) is 0 Å². The summed E-state index contributed by atoms with van der Waals surface area (Å²) in [4.78, 5) is 11.4. The number of amides is 1. The summed E-state index contributed by atoms with van der Waals surface area (Å²) >= 11 is 0. The fourth-order valence-corrected chi connectivity index (χ4v) is 1.27. The van der Waals surface area contributed by atoms with Crippen LogP contribution in [0.5, 0.6) is 0 Å². The predicted octanol–water partition coefficient (Wildman–Crippen LogP) is 2.31. The Hall–Kier alpha value is -0.770.